The summed E-state index contributed by atoms with van der Waals surface area (Å²) < 4.78 is 5.46. The Hall–Kier alpha value is -0.120. The standard InChI is InChI=1S/C15H31NO2/c1-4-5-10-18-12-15(17)11-16-8-6-14(7-9-16)13(2)3/h13-15,17H,4-12H2,1-3H3. The van der Waals surface area contributed by atoms with Gasteiger partial charge in [-0.2, -0.15) is 0 Å². The van der Waals surface area contributed by atoms with E-state index in [-0.39, 0.29) is 6.10 Å². The van der Waals surface area contributed by atoms with Gasteiger partial charge in [0.25, 0.3) is 0 Å². The van der Waals surface area contributed by atoms with Gasteiger partial charge in [-0.3, -0.25) is 0 Å². The lowest BCUT2D eigenvalue weighted by atomic mass is 9.87. The Morgan fingerprint density at radius 2 is 1.94 bits per heavy atom. The predicted molar refractivity (Wildman–Crippen MR) is 75.7 cm³/mol. The van der Waals surface area contributed by atoms with E-state index in [1.807, 2.05) is 0 Å². The van der Waals surface area contributed by atoms with Gasteiger partial charge in [0.15, 0.2) is 0 Å². The lowest BCUT2D eigenvalue weighted by molar-refractivity contribution is 0.00838. The van der Waals surface area contributed by atoms with Crippen molar-refractivity contribution in [1.29, 1.82) is 0 Å². The fraction of sp³-hybridized carbons (Fsp3) is 1.00. The molecule has 1 rings (SSSR count). The summed E-state index contributed by atoms with van der Waals surface area (Å²) in [6.07, 6.45) is 4.48. The summed E-state index contributed by atoms with van der Waals surface area (Å²) in [4.78, 5) is 2.38. The molecule has 1 heterocycles. The minimum absolute atomic E-state index is 0.322. The fourth-order valence-electron chi connectivity index (χ4n) is 2.62. The highest BCUT2D eigenvalue weighted by Gasteiger charge is 2.22. The maximum absolute atomic E-state index is 9.91. The molecule has 0 aromatic carbocycles. The normalized spacial score (nSPS) is 20.5. The number of aliphatic hydroxyl groups is 1. The summed E-state index contributed by atoms with van der Waals surface area (Å²) in [6.45, 7) is 11.1. The Balaban J connectivity index is 2.08. The van der Waals surface area contributed by atoms with Crippen molar-refractivity contribution in [3.63, 3.8) is 0 Å². The van der Waals surface area contributed by atoms with Gasteiger partial charge in [-0.1, -0.05) is 27.2 Å². The van der Waals surface area contributed by atoms with Crippen LogP contribution < -0.4 is 0 Å². The van der Waals surface area contributed by atoms with E-state index >= 15 is 0 Å². The summed E-state index contributed by atoms with van der Waals surface area (Å²) in [7, 11) is 0. The summed E-state index contributed by atoms with van der Waals surface area (Å²) >= 11 is 0. The number of β-amino-alcohol motifs (C(OH)–C–C–N with tert-alkyl or cyclic N) is 1. The molecule has 18 heavy (non-hydrogen) atoms. The van der Waals surface area contributed by atoms with E-state index in [0.29, 0.717) is 6.61 Å². The summed E-state index contributed by atoms with van der Waals surface area (Å²) in [5, 5.41) is 9.91. The molecule has 0 aromatic heterocycles. The SMILES string of the molecule is CCCCOCC(O)CN1CCC(C(C)C)CC1. The molecule has 1 unspecified atom stereocenters. The molecule has 0 aliphatic carbocycles. The molecule has 3 nitrogen and oxygen atoms in total. The van der Waals surface area contributed by atoms with Crippen LogP contribution in [0, 0.1) is 11.8 Å². The number of nitrogens with zero attached hydrogens (tertiary/aromatic N) is 1. The van der Waals surface area contributed by atoms with Gasteiger partial charge >= 0.3 is 0 Å². The molecule has 1 fully saturated rings. The number of hydrogen-bond donors (Lipinski definition) is 1. The first-order valence-corrected chi connectivity index (χ1v) is 7.61. The summed E-state index contributed by atoms with van der Waals surface area (Å²) in [5.41, 5.74) is 0. The van der Waals surface area contributed by atoms with Crippen LogP contribution >= 0.6 is 0 Å². The molecule has 1 N–H and O–H groups in total. The second-order valence-corrected chi connectivity index (χ2v) is 5.96. The van der Waals surface area contributed by atoms with Crippen LogP contribution in [-0.4, -0.2) is 49.0 Å². The second kappa shape index (κ2) is 8.89. The Labute approximate surface area is 113 Å². The quantitative estimate of drug-likeness (QED) is 0.678. The van der Waals surface area contributed by atoms with Crippen molar-refractivity contribution < 1.29 is 9.84 Å². The van der Waals surface area contributed by atoms with Crippen molar-refractivity contribution in [1.82, 2.24) is 4.90 Å². The molecule has 0 spiro atoms. The molecule has 0 radical (unpaired) electrons. The molecule has 1 aliphatic heterocycles. The maximum Gasteiger partial charge on any atom is 0.0900 e. The zero-order valence-corrected chi connectivity index (χ0v) is 12.4. The molecule has 3 heteroatoms. The average molecular weight is 257 g/mol. The summed E-state index contributed by atoms with van der Waals surface area (Å²) in [5.74, 6) is 1.67. The average Bonchev–Trinajstić information content (AvgIpc) is 2.35. The molecular formula is C15H31NO2. The van der Waals surface area contributed by atoms with E-state index in [0.717, 1.165) is 50.9 Å². The second-order valence-electron chi connectivity index (χ2n) is 5.96. The van der Waals surface area contributed by atoms with Crippen molar-refractivity contribution >= 4 is 0 Å². The van der Waals surface area contributed by atoms with E-state index in [9.17, 15) is 5.11 Å². The van der Waals surface area contributed by atoms with Crippen molar-refractivity contribution in [2.45, 2.75) is 52.6 Å². The smallest absolute Gasteiger partial charge is 0.0900 e. The number of likely N-dealkylation sites (tertiary alicyclic amines) is 1. The van der Waals surface area contributed by atoms with Crippen molar-refractivity contribution in [2.24, 2.45) is 11.8 Å². The number of ether oxygens (including phenoxy) is 1. The van der Waals surface area contributed by atoms with E-state index in [2.05, 4.69) is 25.7 Å². The molecule has 108 valence electrons. The third-order valence-electron chi connectivity index (χ3n) is 4.00. The molecule has 0 amide bonds. The Kier molecular flexibility index (Phi) is 7.87. The molecule has 1 atom stereocenters. The monoisotopic (exact) mass is 257 g/mol. The third-order valence-corrected chi connectivity index (χ3v) is 4.00. The molecule has 1 saturated heterocycles. The number of rotatable bonds is 8. The lowest BCUT2D eigenvalue weighted by Crippen LogP contribution is -2.41. The Morgan fingerprint density at radius 1 is 1.28 bits per heavy atom. The molecule has 0 aromatic rings. The minimum Gasteiger partial charge on any atom is -0.389 e. The molecule has 0 saturated carbocycles. The zero-order valence-electron chi connectivity index (χ0n) is 12.4. The van der Waals surface area contributed by atoms with Gasteiger partial charge in [0.05, 0.1) is 12.7 Å². The third kappa shape index (κ3) is 6.17. The topological polar surface area (TPSA) is 32.7 Å². The van der Waals surface area contributed by atoms with E-state index in [4.69, 9.17) is 4.74 Å². The molecule has 1 aliphatic rings. The van der Waals surface area contributed by atoms with Crippen molar-refractivity contribution in [2.75, 3.05) is 32.8 Å². The number of piperidine rings is 1. The van der Waals surface area contributed by atoms with Crippen LogP contribution in [0.4, 0.5) is 0 Å². The van der Waals surface area contributed by atoms with E-state index < -0.39 is 0 Å². The first-order chi connectivity index (χ1) is 8.63. The van der Waals surface area contributed by atoms with Gasteiger partial charge in [0.1, 0.15) is 0 Å². The minimum atomic E-state index is -0.322. The maximum atomic E-state index is 9.91. The van der Waals surface area contributed by atoms with Crippen LogP contribution in [0.15, 0.2) is 0 Å². The number of aliphatic hydroxyl groups excluding tert-OH is 1. The first kappa shape index (κ1) is 15.9. The van der Waals surface area contributed by atoms with Gasteiger partial charge in [-0.05, 0) is 44.2 Å². The van der Waals surface area contributed by atoms with E-state index in [1.165, 1.54) is 12.8 Å². The Morgan fingerprint density at radius 3 is 2.50 bits per heavy atom. The van der Waals surface area contributed by atoms with Gasteiger partial charge in [-0.15, -0.1) is 0 Å². The van der Waals surface area contributed by atoms with Gasteiger partial charge < -0.3 is 14.7 Å². The van der Waals surface area contributed by atoms with Gasteiger partial charge in [0, 0.05) is 13.2 Å². The molecule has 0 bridgehead atoms. The predicted octanol–water partition coefficient (Wildman–Crippen LogP) is 2.53. The van der Waals surface area contributed by atoms with Gasteiger partial charge in [-0.25, -0.2) is 0 Å². The first-order valence-electron chi connectivity index (χ1n) is 7.61. The zero-order chi connectivity index (χ0) is 13.4. The van der Waals surface area contributed by atoms with Crippen LogP contribution in [-0.2, 0) is 4.74 Å². The highest BCUT2D eigenvalue weighted by molar-refractivity contribution is 4.75. The highest BCUT2D eigenvalue weighted by atomic mass is 16.5. The van der Waals surface area contributed by atoms with Crippen molar-refractivity contribution in [3.05, 3.63) is 0 Å². The fourth-order valence-corrected chi connectivity index (χ4v) is 2.62. The van der Waals surface area contributed by atoms with Crippen LogP contribution in [0.2, 0.25) is 0 Å². The largest absolute Gasteiger partial charge is 0.389 e. The highest BCUT2D eigenvalue weighted by Crippen LogP contribution is 2.24. The van der Waals surface area contributed by atoms with Gasteiger partial charge in [0.2, 0.25) is 0 Å². The lowest BCUT2D eigenvalue weighted by Gasteiger charge is -2.34. The van der Waals surface area contributed by atoms with Crippen LogP contribution in [0.3, 0.4) is 0 Å². The number of hydrogen-bond acceptors (Lipinski definition) is 3. The number of unbranched alkanes of at least 4 members (excludes halogenated alkanes) is 1. The summed E-state index contributed by atoms with van der Waals surface area (Å²) in [6, 6.07) is 0. The molecular weight excluding hydrogens is 226 g/mol. The van der Waals surface area contributed by atoms with Crippen LogP contribution in [0.1, 0.15) is 46.5 Å². The van der Waals surface area contributed by atoms with Crippen molar-refractivity contribution in [3.8, 4) is 0 Å². The Bertz CT molecular complexity index is 201. The van der Waals surface area contributed by atoms with Crippen LogP contribution in [0.5, 0.6) is 0 Å². The van der Waals surface area contributed by atoms with Crippen LogP contribution in [0.25, 0.3) is 0 Å². The van der Waals surface area contributed by atoms with E-state index in [1.54, 1.807) is 0 Å².